The topological polar surface area (TPSA) is 97.3 Å². The highest BCUT2D eigenvalue weighted by Crippen LogP contribution is 2.37. The molecule has 198 valence electrons. The van der Waals surface area contributed by atoms with E-state index in [1.54, 1.807) is 25.3 Å². The van der Waals surface area contributed by atoms with Crippen LogP contribution >= 0.6 is 11.6 Å². The number of benzene rings is 2. The van der Waals surface area contributed by atoms with Gasteiger partial charge in [-0.05, 0) is 42.7 Å². The summed E-state index contributed by atoms with van der Waals surface area (Å²) in [6, 6.07) is 10.4. The maximum atomic E-state index is 13.8. The van der Waals surface area contributed by atoms with Gasteiger partial charge in [0, 0.05) is 48.6 Å². The van der Waals surface area contributed by atoms with E-state index in [0.717, 1.165) is 12.8 Å². The molecule has 0 bridgehead atoms. The number of aromatic nitrogens is 1. The minimum atomic E-state index is -1.52. The van der Waals surface area contributed by atoms with Crippen LogP contribution in [0, 0.1) is 22.6 Å². The number of nitriles is 1. The van der Waals surface area contributed by atoms with E-state index < -0.39 is 6.02 Å². The minimum Gasteiger partial charge on any atom is -0.384 e. The van der Waals surface area contributed by atoms with Gasteiger partial charge in [-0.25, -0.2) is 4.39 Å². The molecule has 1 aliphatic heterocycles. The third-order valence-electron chi connectivity index (χ3n) is 6.52. The van der Waals surface area contributed by atoms with Crippen molar-refractivity contribution in [1.82, 2.24) is 21.0 Å². The normalized spacial score (nSPS) is 17.3. The SMILES string of the molecule is [2H][C@](Nc1cc(Cl)c2ncc(C#N)c(NCC(C)(C)COC)c2c1)(C1=CN(C2CC2)NN1)c1ccc(F)cc1. The number of hydrazine groups is 2. The third kappa shape index (κ3) is 5.63. The minimum absolute atomic E-state index is 0.198. The van der Waals surface area contributed by atoms with Crippen molar-refractivity contribution in [2.75, 3.05) is 30.9 Å². The van der Waals surface area contributed by atoms with Gasteiger partial charge in [0.15, 0.2) is 0 Å². The molecule has 2 aromatic carbocycles. The molecule has 1 aliphatic carbocycles. The number of halogens is 2. The van der Waals surface area contributed by atoms with Crippen LogP contribution in [0.5, 0.6) is 0 Å². The van der Waals surface area contributed by atoms with Crippen LogP contribution in [0.15, 0.2) is 54.5 Å². The van der Waals surface area contributed by atoms with Crippen LogP contribution in [0.4, 0.5) is 15.8 Å². The summed E-state index contributed by atoms with van der Waals surface area (Å²) in [7, 11) is 1.66. The first kappa shape index (κ1) is 24.7. The van der Waals surface area contributed by atoms with Crippen molar-refractivity contribution in [3.63, 3.8) is 0 Å². The Morgan fingerprint density at radius 1 is 1.34 bits per heavy atom. The number of anilines is 2. The molecule has 0 unspecified atom stereocenters. The number of methoxy groups -OCH3 is 1. The predicted molar refractivity (Wildman–Crippen MR) is 148 cm³/mol. The first-order valence-corrected chi connectivity index (χ1v) is 12.8. The summed E-state index contributed by atoms with van der Waals surface area (Å²) in [5, 5.41) is 19.5. The van der Waals surface area contributed by atoms with E-state index in [4.69, 9.17) is 16.3 Å². The fraction of sp³-hybridized carbons (Fsp3) is 0.357. The lowest BCUT2D eigenvalue weighted by Crippen LogP contribution is -2.38. The highest BCUT2D eigenvalue weighted by molar-refractivity contribution is 6.35. The van der Waals surface area contributed by atoms with Crippen LogP contribution in [0.1, 0.15) is 45.2 Å². The summed E-state index contributed by atoms with van der Waals surface area (Å²) in [4.78, 5) is 4.44. The number of rotatable bonds is 10. The van der Waals surface area contributed by atoms with Crippen LogP contribution in [0.3, 0.4) is 0 Å². The molecule has 2 heterocycles. The van der Waals surface area contributed by atoms with Gasteiger partial charge in [0.25, 0.3) is 0 Å². The van der Waals surface area contributed by atoms with Crippen molar-refractivity contribution in [2.45, 2.75) is 38.7 Å². The average molecular weight is 537 g/mol. The van der Waals surface area contributed by atoms with E-state index in [-0.39, 0.29) is 11.2 Å². The van der Waals surface area contributed by atoms with E-state index in [9.17, 15) is 11.0 Å². The van der Waals surface area contributed by atoms with E-state index in [2.05, 4.69) is 46.5 Å². The first-order valence-electron chi connectivity index (χ1n) is 13.0. The van der Waals surface area contributed by atoms with Crippen LogP contribution in [-0.4, -0.2) is 36.3 Å². The maximum Gasteiger partial charge on any atom is 0.123 e. The number of hydrogen-bond acceptors (Lipinski definition) is 8. The van der Waals surface area contributed by atoms with Gasteiger partial charge in [0.1, 0.15) is 11.9 Å². The van der Waals surface area contributed by atoms with Crippen LogP contribution < -0.4 is 21.6 Å². The van der Waals surface area contributed by atoms with E-state index in [0.29, 0.717) is 63.3 Å². The highest BCUT2D eigenvalue weighted by atomic mass is 35.5. The van der Waals surface area contributed by atoms with Gasteiger partial charge >= 0.3 is 0 Å². The Labute approximate surface area is 228 Å². The summed E-state index contributed by atoms with van der Waals surface area (Å²) in [5.74, 6) is -0.386. The summed E-state index contributed by atoms with van der Waals surface area (Å²) in [5.41, 5.74) is 9.15. The van der Waals surface area contributed by atoms with Gasteiger partial charge in [-0.2, -0.15) is 5.26 Å². The van der Waals surface area contributed by atoms with Crippen molar-refractivity contribution < 1.29 is 10.5 Å². The summed E-state index contributed by atoms with van der Waals surface area (Å²) >= 11 is 6.70. The Morgan fingerprint density at radius 3 is 2.79 bits per heavy atom. The molecular formula is C28H31ClFN7O. The molecule has 1 fully saturated rings. The monoisotopic (exact) mass is 536 g/mol. The average Bonchev–Trinajstić information content (AvgIpc) is 3.63. The standard InChI is InChI=1S/C28H31ClFN7O/c1-28(2,16-38-3)15-33-25-18(12-31)13-32-27-22(25)10-20(11-23(27)29)34-26(17-4-6-19(30)7-5-17)24-14-37(36-35-24)21-8-9-21/h4-7,10-11,13-14,21,26,34-36H,8-9,15-16H2,1-3H3,(H,32,33)/t26-/m1/s1/i26D. The fourth-order valence-corrected chi connectivity index (χ4v) is 4.71. The Bertz CT molecular complexity index is 1460. The zero-order valence-corrected chi connectivity index (χ0v) is 22.3. The molecule has 0 spiro atoms. The van der Waals surface area contributed by atoms with Crippen LogP contribution in [0.2, 0.25) is 5.02 Å². The van der Waals surface area contributed by atoms with E-state index in [1.807, 2.05) is 17.3 Å². The molecule has 0 saturated heterocycles. The number of hydrogen-bond donors (Lipinski definition) is 4. The molecule has 2 aliphatic rings. The molecule has 4 N–H and O–H groups in total. The van der Waals surface area contributed by atoms with E-state index >= 15 is 0 Å². The van der Waals surface area contributed by atoms with Crippen molar-refractivity contribution in [3.05, 3.63) is 76.5 Å². The molecule has 38 heavy (non-hydrogen) atoms. The molecule has 1 atom stereocenters. The molecule has 3 aromatic rings. The first-order chi connectivity index (χ1) is 18.6. The fourth-order valence-electron chi connectivity index (χ4n) is 4.44. The summed E-state index contributed by atoms with van der Waals surface area (Å²) < 4.78 is 28.7. The second kappa shape index (κ2) is 10.7. The second-order valence-corrected chi connectivity index (χ2v) is 10.8. The molecule has 0 amide bonds. The second-order valence-electron chi connectivity index (χ2n) is 10.4. The lowest BCUT2D eigenvalue weighted by Gasteiger charge is -2.25. The zero-order chi connectivity index (χ0) is 27.8. The number of ether oxygens (including phenoxy) is 1. The van der Waals surface area contributed by atoms with Gasteiger partial charge in [0.05, 0.1) is 41.5 Å². The molecule has 5 rings (SSSR count). The smallest absolute Gasteiger partial charge is 0.123 e. The largest absolute Gasteiger partial charge is 0.384 e. The summed E-state index contributed by atoms with van der Waals surface area (Å²) in [6.07, 6.45) is 5.51. The maximum absolute atomic E-state index is 13.8. The van der Waals surface area contributed by atoms with Crippen molar-refractivity contribution in [1.29, 1.82) is 5.26 Å². The molecule has 10 heteroatoms. The quantitative estimate of drug-likeness (QED) is 0.271. The van der Waals surface area contributed by atoms with Gasteiger partial charge in [0.2, 0.25) is 0 Å². The van der Waals surface area contributed by atoms with Crippen LogP contribution in [-0.2, 0) is 4.74 Å². The van der Waals surface area contributed by atoms with Crippen LogP contribution in [0.25, 0.3) is 10.9 Å². The number of nitrogens with one attached hydrogen (secondary N) is 4. The van der Waals surface area contributed by atoms with Crippen molar-refractivity contribution in [2.24, 2.45) is 5.41 Å². The van der Waals surface area contributed by atoms with Gasteiger partial charge in [-0.1, -0.05) is 37.6 Å². The predicted octanol–water partition coefficient (Wildman–Crippen LogP) is 5.47. The Balaban J connectivity index is 1.57. The van der Waals surface area contributed by atoms with Gasteiger partial charge < -0.3 is 20.8 Å². The lowest BCUT2D eigenvalue weighted by molar-refractivity contribution is 0.112. The Morgan fingerprint density at radius 2 is 2.11 bits per heavy atom. The number of fused-ring (bicyclic) bond motifs is 1. The molecule has 1 aromatic heterocycles. The molecule has 1 saturated carbocycles. The van der Waals surface area contributed by atoms with Gasteiger partial charge in [-0.3, -0.25) is 9.99 Å². The molecule has 0 radical (unpaired) electrons. The zero-order valence-electron chi connectivity index (χ0n) is 22.5. The number of pyridine rings is 1. The summed E-state index contributed by atoms with van der Waals surface area (Å²) in [6.45, 7) is 5.21. The number of nitrogens with zero attached hydrogens (tertiary/aromatic N) is 3. The highest BCUT2D eigenvalue weighted by Gasteiger charge is 2.32. The molecular weight excluding hydrogens is 505 g/mol. The van der Waals surface area contributed by atoms with Crippen molar-refractivity contribution >= 4 is 33.9 Å². The van der Waals surface area contributed by atoms with Crippen molar-refractivity contribution in [3.8, 4) is 6.07 Å². The Kier molecular flexibility index (Phi) is 6.94. The molecule has 8 nitrogen and oxygen atoms in total. The van der Waals surface area contributed by atoms with E-state index in [1.165, 1.54) is 18.3 Å². The Hall–Kier alpha value is -3.58. The lowest BCUT2D eigenvalue weighted by atomic mass is 9.94. The third-order valence-corrected chi connectivity index (χ3v) is 6.81. The van der Waals surface area contributed by atoms with Gasteiger partial charge in [-0.15, -0.1) is 5.53 Å².